The number of likely N-dealkylation sites (tertiary alicyclic amines) is 1. The van der Waals surface area contributed by atoms with Crippen LogP contribution in [0.2, 0.25) is 0 Å². The molecule has 1 aliphatic heterocycles. The minimum absolute atomic E-state index is 0.303. The van der Waals surface area contributed by atoms with Crippen LogP contribution in [0, 0.1) is 5.92 Å². The summed E-state index contributed by atoms with van der Waals surface area (Å²) in [7, 11) is 1.82. The van der Waals surface area contributed by atoms with Gasteiger partial charge in [0.25, 0.3) is 0 Å². The molecule has 1 aromatic carbocycles. The summed E-state index contributed by atoms with van der Waals surface area (Å²) in [5, 5.41) is 0. The minimum Gasteiger partial charge on any atom is -0.496 e. The molecule has 2 heteroatoms. The Bertz CT molecular complexity index is 515. The summed E-state index contributed by atoms with van der Waals surface area (Å²) >= 11 is 0. The van der Waals surface area contributed by atoms with Crippen molar-refractivity contribution in [3.05, 3.63) is 28.8 Å². The van der Waals surface area contributed by atoms with Crippen molar-refractivity contribution in [2.24, 2.45) is 5.92 Å². The van der Waals surface area contributed by atoms with Gasteiger partial charge in [-0.3, -0.25) is 4.90 Å². The summed E-state index contributed by atoms with van der Waals surface area (Å²) in [4.78, 5) is 2.63. The molecule has 0 bridgehead atoms. The van der Waals surface area contributed by atoms with Crippen LogP contribution in [0.25, 0.3) is 0 Å². The molecule has 0 N–H and O–H groups in total. The number of benzene rings is 1. The average molecular weight is 287 g/mol. The summed E-state index contributed by atoms with van der Waals surface area (Å²) in [6.07, 6.45) is 6.33. The van der Waals surface area contributed by atoms with E-state index in [1.807, 2.05) is 7.11 Å². The maximum Gasteiger partial charge on any atom is 0.122 e. The Hall–Kier alpha value is -1.02. The van der Waals surface area contributed by atoms with Gasteiger partial charge in [0.1, 0.15) is 5.75 Å². The van der Waals surface area contributed by atoms with Gasteiger partial charge in [0.05, 0.1) is 7.11 Å². The number of hydrogen-bond donors (Lipinski definition) is 0. The van der Waals surface area contributed by atoms with Crippen LogP contribution in [0.4, 0.5) is 0 Å². The van der Waals surface area contributed by atoms with Gasteiger partial charge in [0.15, 0.2) is 0 Å². The quantitative estimate of drug-likeness (QED) is 0.837. The van der Waals surface area contributed by atoms with Gasteiger partial charge in [-0.15, -0.1) is 0 Å². The first-order valence-electron chi connectivity index (χ1n) is 8.41. The lowest BCUT2D eigenvalue weighted by Gasteiger charge is -2.31. The fourth-order valence-corrected chi connectivity index (χ4v) is 4.03. The van der Waals surface area contributed by atoms with Crippen LogP contribution >= 0.6 is 0 Å². The minimum atomic E-state index is 0.303. The Kier molecular flexibility index (Phi) is 4.00. The highest BCUT2D eigenvalue weighted by Crippen LogP contribution is 2.36. The molecule has 1 aromatic rings. The molecule has 1 saturated heterocycles. The molecular weight excluding hydrogens is 258 g/mol. The van der Waals surface area contributed by atoms with Crippen LogP contribution < -0.4 is 4.74 Å². The normalized spacial score (nSPS) is 22.6. The first-order chi connectivity index (χ1) is 9.99. The Morgan fingerprint density at radius 2 is 2.05 bits per heavy atom. The van der Waals surface area contributed by atoms with Crippen molar-refractivity contribution in [3.63, 3.8) is 0 Å². The molecule has 0 unspecified atom stereocenters. The van der Waals surface area contributed by atoms with E-state index in [1.165, 1.54) is 50.8 Å². The van der Waals surface area contributed by atoms with Gasteiger partial charge in [0, 0.05) is 12.1 Å². The van der Waals surface area contributed by atoms with Gasteiger partial charge in [-0.05, 0) is 88.1 Å². The number of nitrogens with zero attached hydrogens (tertiary/aromatic N) is 1. The van der Waals surface area contributed by atoms with Crippen molar-refractivity contribution in [3.8, 4) is 5.75 Å². The average Bonchev–Trinajstić information content (AvgIpc) is 3.06. The molecule has 1 fully saturated rings. The van der Waals surface area contributed by atoms with Crippen LogP contribution in [0.5, 0.6) is 5.75 Å². The molecule has 1 heterocycles. The van der Waals surface area contributed by atoms with E-state index in [0.29, 0.717) is 5.54 Å². The molecule has 0 radical (unpaired) electrons. The predicted molar refractivity (Wildman–Crippen MR) is 88.2 cm³/mol. The molecule has 116 valence electrons. The highest BCUT2D eigenvalue weighted by Gasteiger charge is 2.31. The summed E-state index contributed by atoms with van der Waals surface area (Å²) in [6, 6.07) is 4.47. The molecular formula is C19H29NO. The fourth-order valence-electron chi connectivity index (χ4n) is 4.03. The molecule has 2 nitrogen and oxygen atoms in total. The third kappa shape index (κ3) is 2.96. The van der Waals surface area contributed by atoms with E-state index in [2.05, 4.69) is 37.8 Å². The van der Waals surface area contributed by atoms with Crippen LogP contribution in [0.15, 0.2) is 12.1 Å². The number of ether oxygens (including phenoxy) is 1. The van der Waals surface area contributed by atoms with E-state index < -0.39 is 0 Å². The largest absolute Gasteiger partial charge is 0.496 e. The Morgan fingerprint density at radius 3 is 2.71 bits per heavy atom. The predicted octanol–water partition coefficient (Wildman–Crippen LogP) is 3.85. The second-order valence-corrected chi connectivity index (χ2v) is 7.71. The van der Waals surface area contributed by atoms with Crippen LogP contribution in [0.3, 0.4) is 0 Å². The molecule has 2 aliphatic rings. The van der Waals surface area contributed by atoms with Crippen LogP contribution in [0.1, 0.15) is 50.3 Å². The van der Waals surface area contributed by atoms with Crippen LogP contribution in [-0.2, 0) is 19.3 Å². The van der Waals surface area contributed by atoms with Crippen molar-refractivity contribution < 1.29 is 4.74 Å². The molecule has 0 amide bonds. The number of fused-ring (bicyclic) bond motifs is 1. The Morgan fingerprint density at radius 1 is 1.24 bits per heavy atom. The maximum absolute atomic E-state index is 5.66. The zero-order chi connectivity index (χ0) is 15.0. The van der Waals surface area contributed by atoms with Crippen molar-refractivity contribution in [1.29, 1.82) is 0 Å². The zero-order valence-electron chi connectivity index (χ0n) is 14.0. The van der Waals surface area contributed by atoms with Gasteiger partial charge in [0.2, 0.25) is 0 Å². The van der Waals surface area contributed by atoms with E-state index in [9.17, 15) is 0 Å². The Labute approximate surface area is 129 Å². The molecule has 0 aromatic heterocycles. The van der Waals surface area contributed by atoms with Crippen molar-refractivity contribution >= 4 is 0 Å². The van der Waals surface area contributed by atoms with Crippen molar-refractivity contribution in [1.82, 2.24) is 4.90 Å². The number of hydrogen-bond acceptors (Lipinski definition) is 2. The second-order valence-electron chi connectivity index (χ2n) is 7.71. The molecule has 0 spiro atoms. The summed E-state index contributed by atoms with van der Waals surface area (Å²) in [5.74, 6) is 1.90. The SMILES string of the molecule is COc1ccc2c(c1C[C@H]1CCN(C(C)(C)C)C1)CCC2. The highest BCUT2D eigenvalue weighted by atomic mass is 16.5. The van der Waals surface area contributed by atoms with Crippen molar-refractivity contribution in [2.45, 2.75) is 58.4 Å². The molecule has 21 heavy (non-hydrogen) atoms. The van der Waals surface area contributed by atoms with E-state index in [4.69, 9.17) is 4.74 Å². The van der Waals surface area contributed by atoms with E-state index in [0.717, 1.165) is 11.7 Å². The zero-order valence-corrected chi connectivity index (χ0v) is 14.0. The van der Waals surface area contributed by atoms with Gasteiger partial charge in [-0.1, -0.05) is 6.07 Å². The molecule has 1 aliphatic carbocycles. The third-order valence-corrected chi connectivity index (χ3v) is 5.31. The standard InChI is InChI=1S/C19H29NO/c1-19(2,3)20-11-10-14(13-20)12-17-16-7-5-6-15(16)8-9-18(17)21-4/h8-9,14H,5-7,10-13H2,1-4H3/t14-/m1/s1. The molecule has 3 rings (SSSR count). The smallest absolute Gasteiger partial charge is 0.122 e. The monoisotopic (exact) mass is 287 g/mol. The van der Waals surface area contributed by atoms with Gasteiger partial charge in [-0.25, -0.2) is 0 Å². The van der Waals surface area contributed by atoms with E-state index >= 15 is 0 Å². The Balaban J connectivity index is 1.78. The molecule has 0 saturated carbocycles. The number of methoxy groups -OCH3 is 1. The first kappa shape index (κ1) is 14.9. The summed E-state index contributed by atoms with van der Waals surface area (Å²) < 4.78 is 5.66. The number of aryl methyl sites for hydroxylation is 1. The van der Waals surface area contributed by atoms with Crippen molar-refractivity contribution in [2.75, 3.05) is 20.2 Å². The third-order valence-electron chi connectivity index (χ3n) is 5.31. The molecule has 1 atom stereocenters. The maximum atomic E-state index is 5.66. The summed E-state index contributed by atoms with van der Waals surface area (Å²) in [6.45, 7) is 9.46. The topological polar surface area (TPSA) is 12.5 Å². The lowest BCUT2D eigenvalue weighted by atomic mass is 9.92. The van der Waals surface area contributed by atoms with Gasteiger partial charge >= 0.3 is 0 Å². The lowest BCUT2D eigenvalue weighted by molar-refractivity contribution is 0.168. The van der Waals surface area contributed by atoms with Gasteiger partial charge in [-0.2, -0.15) is 0 Å². The van der Waals surface area contributed by atoms with Crippen LogP contribution in [-0.4, -0.2) is 30.6 Å². The summed E-state index contributed by atoms with van der Waals surface area (Å²) in [5.41, 5.74) is 4.98. The van der Waals surface area contributed by atoms with E-state index in [1.54, 1.807) is 11.1 Å². The van der Waals surface area contributed by atoms with E-state index in [-0.39, 0.29) is 0 Å². The first-order valence-corrected chi connectivity index (χ1v) is 8.41. The fraction of sp³-hybridized carbons (Fsp3) is 0.684. The number of rotatable bonds is 3. The second kappa shape index (κ2) is 5.64. The van der Waals surface area contributed by atoms with Gasteiger partial charge < -0.3 is 4.74 Å². The lowest BCUT2D eigenvalue weighted by Crippen LogP contribution is -2.39. The highest BCUT2D eigenvalue weighted by molar-refractivity contribution is 5.47.